The van der Waals surface area contributed by atoms with Crippen LogP contribution in [0, 0.1) is 23.7 Å². The third-order valence-electron chi connectivity index (χ3n) is 3.26. The van der Waals surface area contributed by atoms with E-state index in [1.165, 1.54) is 27.7 Å². The summed E-state index contributed by atoms with van der Waals surface area (Å²) in [5, 5.41) is 17.5. The molecule has 0 saturated heterocycles. The second kappa shape index (κ2) is 8.39. The summed E-state index contributed by atoms with van der Waals surface area (Å²) < 4.78 is 4.67. The van der Waals surface area contributed by atoms with Gasteiger partial charge >= 0.3 is 23.9 Å². The Kier molecular flexibility index (Phi) is 7.62. The Morgan fingerprint density at radius 3 is 1.24 bits per heavy atom. The minimum Gasteiger partial charge on any atom is -0.481 e. The van der Waals surface area contributed by atoms with Gasteiger partial charge in [-0.15, -0.1) is 0 Å². The largest absolute Gasteiger partial charge is 0.481 e. The van der Waals surface area contributed by atoms with E-state index in [4.69, 9.17) is 10.2 Å². The molecular weight excluding hydrogens is 280 g/mol. The topological polar surface area (TPSA) is 118 Å². The number of rotatable bonds is 8. The molecular formula is C14H22O7. The van der Waals surface area contributed by atoms with Crippen molar-refractivity contribution in [1.29, 1.82) is 0 Å². The lowest BCUT2D eigenvalue weighted by molar-refractivity contribution is -0.165. The number of carbonyl (C=O) groups excluding carboxylic acids is 2. The number of carboxylic acids is 2. The van der Waals surface area contributed by atoms with Crippen LogP contribution in [0.1, 0.15) is 40.5 Å². The molecule has 4 unspecified atom stereocenters. The van der Waals surface area contributed by atoms with Crippen LogP contribution >= 0.6 is 0 Å². The maximum atomic E-state index is 11.7. The molecule has 0 saturated carbocycles. The van der Waals surface area contributed by atoms with Gasteiger partial charge in [-0.2, -0.15) is 0 Å². The highest BCUT2D eigenvalue weighted by Gasteiger charge is 2.27. The van der Waals surface area contributed by atoms with E-state index in [0.29, 0.717) is 0 Å². The Labute approximate surface area is 123 Å². The second-order valence-electron chi connectivity index (χ2n) is 5.49. The third-order valence-corrected chi connectivity index (χ3v) is 3.26. The molecule has 2 N–H and O–H groups in total. The molecule has 120 valence electrons. The van der Waals surface area contributed by atoms with Crippen molar-refractivity contribution in [2.45, 2.75) is 40.5 Å². The Morgan fingerprint density at radius 1 is 0.714 bits per heavy atom. The van der Waals surface area contributed by atoms with Crippen LogP contribution in [0.25, 0.3) is 0 Å². The highest BCUT2D eigenvalue weighted by atomic mass is 16.6. The van der Waals surface area contributed by atoms with Gasteiger partial charge in [0.1, 0.15) is 0 Å². The molecule has 21 heavy (non-hydrogen) atoms. The Morgan fingerprint density at radius 2 is 1.00 bits per heavy atom. The van der Waals surface area contributed by atoms with Crippen molar-refractivity contribution in [3.05, 3.63) is 0 Å². The highest BCUT2D eigenvalue weighted by molar-refractivity contribution is 5.88. The fourth-order valence-corrected chi connectivity index (χ4v) is 1.76. The van der Waals surface area contributed by atoms with Crippen molar-refractivity contribution in [3.8, 4) is 0 Å². The lowest BCUT2D eigenvalue weighted by Gasteiger charge is -2.16. The Balaban J connectivity index is 4.40. The molecule has 0 aromatic carbocycles. The molecule has 0 aliphatic heterocycles. The molecule has 0 heterocycles. The monoisotopic (exact) mass is 302 g/mol. The molecule has 0 amide bonds. The number of aliphatic carboxylic acids is 2. The number of hydrogen-bond acceptors (Lipinski definition) is 5. The molecule has 0 spiro atoms. The molecule has 0 fully saturated rings. The van der Waals surface area contributed by atoms with Gasteiger partial charge < -0.3 is 14.9 Å². The zero-order valence-electron chi connectivity index (χ0n) is 12.7. The van der Waals surface area contributed by atoms with Gasteiger partial charge in [-0.1, -0.05) is 27.7 Å². The fourth-order valence-electron chi connectivity index (χ4n) is 1.76. The van der Waals surface area contributed by atoms with Gasteiger partial charge in [0.15, 0.2) is 0 Å². The van der Waals surface area contributed by atoms with Crippen LogP contribution in [-0.4, -0.2) is 34.1 Å². The number of carbonyl (C=O) groups is 4. The van der Waals surface area contributed by atoms with Gasteiger partial charge in [-0.05, 0) is 12.8 Å². The summed E-state index contributed by atoms with van der Waals surface area (Å²) in [4.78, 5) is 44.8. The normalized spacial score (nSPS) is 16.4. The molecule has 7 nitrogen and oxygen atoms in total. The van der Waals surface area contributed by atoms with Crippen molar-refractivity contribution in [1.82, 2.24) is 0 Å². The lowest BCUT2D eigenvalue weighted by atomic mass is 9.96. The quantitative estimate of drug-likeness (QED) is 0.515. The average molecular weight is 302 g/mol. The summed E-state index contributed by atoms with van der Waals surface area (Å²) in [6.45, 7) is 5.90. The van der Waals surface area contributed by atoms with E-state index in [0.717, 1.165) is 0 Å². The van der Waals surface area contributed by atoms with Crippen LogP contribution in [-0.2, 0) is 23.9 Å². The molecule has 0 aliphatic carbocycles. The SMILES string of the molecule is CC(CC(C)C(=O)OC(=O)C(C)CC(C)C(=O)O)C(=O)O. The maximum Gasteiger partial charge on any atom is 0.316 e. The summed E-state index contributed by atoms with van der Waals surface area (Å²) in [5.74, 6) is -6.49. The first-order valence-electron chi connectivity index (χ1n) is 6.77. The number of ether oxygens (including phenoxy) is 1. The first-order chi connectivity index (χ1) is 9.56. The predicted octanol–water partition coefficient (Wildman–Crippen LogP) is 1.55. The zero-order valence-corrected chi connectivity index (χ0v) is 12.7. The Bertz CT molecular complexity index is 378. The molecule has 0 bridgehead atoms. The van der Waals surface area contributed by atoms with Gasteiger partial charge in [0.2, 0.25) is 0 Å². The van der Waals surface area contributed by atoms with E-state index < -0.39 is 47.5 Å². The number of carboxylic acid groups (broad SMARTS) is 2. The summed E-state index contributed by atoms with van der Waals surface area (Å²) >= 11 is 0. The van der Waals surface area contributed by atoms with E-state index in [-0.39, 0.29) is 12.8 Å². The van der Waals surface area contributed by atoms with E-state index in [2.05, 4.69) is 4.74 Å². The molecule has 0 rings (SSSR count). The Hall–Kier alpha value is -1.92. The molecule has 0 aromatic rings. The van der Waals surface area contributed by atoms with Crippen LogP contribution in [0.2, 0.25) is 0 Å². The number of hydrogen-bond donors (Lipinski definition) is 2. The van der Waals surface area contributed by atoms with Crippen LogP contribution in [0.15, 0.2) is 0 Å². The van der Waals surface area contributed by atoms with Crippen LogP contribution in [0.4, 0.5) is 0 Å². The minimum absolute atomic E-state index is 0.0708. The van der Waals surface area contributed by atoms with Gasteiger partial charge in [-0.3, -0.25) is 19.2 Å². The highest BCUT2D eigenvalue weighted by Crippen LogP contribution is 2.17. The van der Waals surface area contributed by atoms with Crippen molar-refractivity contribution in [2.24, 2.45) is 23.7 Å². The van der Waals surface area contributed by atoms with E-state index in [9.17, 15) is 19.2 Å². The van der Waals surface area contributed by atoms with E-state index in [1.807, 2.05) is 0 Å². The van der Waals surface area contributed by atoms with Crippen molar-refractivity contribution < 1.29 is 34.1 Å². The van der Waals surface area contributed by atoms with Crippen molar-refractivity contribution in [2.75, 3.05) is 0 Å². The lowest BCUT2D eigenvalue weighted by Crippen LogP contribution is -2.27. The summed E-state index contributed by atoms with van der Waals surface area (Å²) in [6.07, 6.45) is 0.142. The standard InChI is InChI=1S/C14H22O7/c1-7(11(15)16)5-9(3)13(19)21-14(20)10(4)6-8(2)12(17)18/h7-10H,5-6H2,1-4H3,(H,15,16)(H,17,18). The van der Waals surface area contributed by atoms with Crippen molar-refractivity contribution >= 4 is 23.9 Å². The third kappa shape index (κ3) is 6.87. The van der Waals surface area contributed by atoms with Crippen LogP contribution in [0.5, 0.6) is 0 Å². The zero-order chi connectivity index (χ0) is 16.7. The summed E-state index contributed by atoms with van der Waals surface area (Å²) in [6, 6.07) is 0. The average Bonchev–Trinajstić information content (AvgIpc) is 2.37. The van der Waals surface area contributed by atoms with E-state index >= 15 is 0 Å². The van der Waals surface area contributed by atoms with Crippen LogP contribution in [0.3, 0.4) is 0 Å². The number of esters is 2. The van der Waals surface area contributed by atoms with Gasteiger partial charge in [-0.25, -0.2) is 0 Å². The molecule has 0 aromatic heterocycles. The molecule has 0 radical (unpaired) electrons. The summed E-state index contributed by atoms with van der Waals surface area (Å²) in [5.41, 5.74) is 0. The fraction of sp³-hybridized carbons (Fsp3) is 0.714. The molecule has 0 aliphatic rings. The van der Waals surface area contributed by atoms with Gasteiger partial charge in [0.05, 0.1) is 23.7 Å². The van der Waals surface area contributed by atoms with E-state index in [1.54, 1.807) is 0 Å². The van der Waals surface area contributed by atoms with Crippen LogP contribution < -0.4 is 0 Å². The predicted molar refractivity (Wildman–Crippen MR) is 72.3 cm³/mol. The molecule has 4 atom stereocenters. The van der Waals surface area contributed by atoms with Crippen molar-refractivity contribution in [3.63, 3.8) is 0 Å². The van der Waals surface area contributed by atoms with Gasteiger partial charge in [0, 0.05) is 0 Å². The minimum atomic E-state index is -1.02. The summed E-state index contributed by atoms with van der Waals surface area (Å²) in [7, 11) is 0. The first-order valence-corrected chi connectivity index (χ1v) is 6.77. The second-order valence-corrected chi connectivity index (χ2v) is 5.49. The van der Waals surface area contributed by atoms with Gasteiger partial charge in [0.25, 0.3) is 0 Å². The molecule has 7 heteroatoms. The smallest absolute Gasteiger partial charge is 0.316 e. The maximum absolute atomic E-state index is 11.7. The first kappa shape index (κ1) is 19.1.